The average molecular weight is 239 g/mol. The van der Waals surface area contributed by atoms with Crippen molar-refractivity contribution in [1.29, 1.82) is 0 Å². The lowest BCUT2D eigenvalue weighted by atomic mass is 9.98. The second kappa shape index (κ2) is 5.42. The highest BCUT2D eigenvalue weighted by Gasteiger charge is 2.33. The van der Waals surface area contributed by atoms with E-state index in [4.69, 9.17) is 11.2 Å². The molecule has 2 atom stereocenters. The molecule has 1 amide bonds. The third-order valence-electron chi connectivity index (χ3n) is 2.71. The third-order valence-corrected chi connectivity index (χ3v) is 2.71. The van der Waals surface area contributed by atoms with Crippen molar-refractivity contribution in [2.24, 2.45) is 0 Å². The van der Waals surface area contributed by atoms with Gasteiger partial charge in [0.2, 0.25) is 0 Å². The summed E-state index contributed by atoms with van der Waals surface area (Å²) in [6.07, 6.45) is 6.53. The lowest BCUT2D eigenvalue weighted by molar-refractivity contribution is -0.00627. The number of terminal acetylenes is 1. The third kappa shape index (κ3) is 3.94. The fourth-order valence-electron chi connectivity index (χ4n) is 1.94. The summed E-state index contributed by atoms with van der Waals surface area (Å²) < 4.78 is 5.31. The molecule has 4 nitrogen and oxygen atoms in total. The summed E-state index contributed by atoms with van der Waals surface area (Å²) >= 11 is 0. The van der Waals surface area contributed by atoms with Crippen molar-refractivity contribution in [1.82, 2.24) is 4.90 Å². The number of likely N-dealkylation sites (tertiary alicyclic amines) is 1. The van der Waals surface area contributed by atoms with Gasteiger partial charge in [-0.3, -0.25) is 0 Å². The highest BCUT2D eigenvalue weighted by molar-refractivity contribution is 5.68. The highest BCUT2D eigenvalue weighted by atomic mass is 16.6. The fraction of sp³-hybridized carbons (Fsp3) is 0.769. The Bertz CT molecular complexity index is 314. The molecule has 1 aliphatic rings. The molecule has 1 fully saturated rings. The van der Waals surface area contributed by atoms with Gasteiger partial charge in [0.25, 0.3) is 0 Å². The number of carbonyl (C=O) groups is 1. The molecule has 1 aliphatic heterocycles. The molecule has 1 rings (SSSR count). The van der Waals surface area contributed by atoms with Gasteiger partial charge >= 0.3 is 6.09 Å². The van der Waals surface area contributed by atoms with E-state index in [1.807, 2.05) is 20.8 Å². The van der Waals surface area contributed by atoms with Gasteiger partial charge in [-0.15, -0.1) is 6.42 Å². The van der Waals surface area contributed by atoms with E-state index in [1.54, 1.807) is 4.90 Å². The number of nitrogens with zero attached hydrogens (tertiary/aromatic N) is 1. The number of rotatable bonds is 1. The SMILES string of the molecule is C#CC(O)C1CCCCN1C(=O)OC(C)(C)C. The molecule has 0 spiro atoms. The summed E-state index contributed by atoms with van der Waals surface area (Å²) in [4.78, 5) is 13.5. The summed E-state index contributed by atoms with van der Waals surface area (Å²) in [5, 5.41) is 9.71. The van der Waals surface area contributed by atoms with Crippen LogP contribution in [-0.4, -0.2) is 40.4 Å². The highest BCUT2D eigenvalue weighted by Crippen LogP contribution is 2.22. The van der Waals surface area contributed by atoms with Crippen LogP contribution in [0.4, 0.5) is 4.79 Å². The molecule has 0 aromatic rings. The Labute approximate surface area is 103 Å². The van der Waals surface area contributed by atoms with Gasteiger partial charge in [0, 0.05) is 6.54 Å². The Morgan fingerprint density at radius 2 is 2.18 bits per heavy atom. The summed E-state index contributed by atoms with van der Waals surface area (Å²) in [6.45, 7) is 6.06. The summed E-state index contributed by atoms with van der Waals surface area (Å²) in [6, 6.07) is -0.316. The minimum Gasteiger partial charge on any atom is -0.444 e. The van der Waals surface area contributed by atoms with Crippen molar-refractivity contribution >= 4 is 6.09 Å². The molecule has 1 saturated heterocycles. The number of hydrogen-bond donors (Lipinski definition) is 1. The Morgan fingerprint density at radius 1 is 1.53 bits per heavy atom. The zero-order valence-corrected chi connectivity index (χ0v) is 10.8. The van der Waals surface area contributed by atoms with Crippen LogP contribution in [0.25, 0.3) is 0 Å². The smallest absolute Gasteiger partial charge is 0.410 e. The number of aliphatic hydroxyl groups excluding tert-OH is 1. The number of carbonyl (C=O) groups excluding carboxylic acids is 1. The van der Waals surface area contributed by atoms with E-state index in [0.29, 0.717) is 6.54 Å². The minimum absolute atomic E-state index is 0.316. The van der Waals surface area contributed by atoms with Crippen LogP contribution in [-0.2, 0) is 4.74 Å². The van der Waals surface area contributed by atoms with Gasteiger partial charge in [-0.2, -0.15) is 0 Å². The normalized spacial score (nSPS) is 22.8. The van der Waals surface area contributed by atoms with Crippen molar-refractivity contribution < 1.29 is 14.6 Å². The van der Waals surface area contributed by atoms with Crippen molar-refractivity contribution in [3.05, 3.63) is 0 Å². The van der Waals surface area contributed by atoms with Crippen molar-refractivity contribution in [2.45, 2.75) is 57.8 Å². The molecule has 0 bridgehead atoms. The minimum atomic E-state index is -0.914. The molecule has 2 unspecified atom stereocenters. The van der Waals surface area contributed by atoms with E-state index in [0.717, 1.165) is 19.3 Å². The van der Waals surface area contributed by atoms with Gasteiger partial charge in [-0.05, 0) is 40.0 Å². The Balaban J connectivity index is 2.72. The standard InChI is InChI=1S/C13H21NO3/c1-5-11(15)10-8-6-7-9-14(10)12(16)17-13(2,3)4/h1,10-11,15H,6-9H2,2-4H3. The number of aliphatic hydroxyl groups is 1. The van der Waals surface area contributed by atoms with Crippen LogP contribution >= 0.6 is 0 Å². The second-order valence-electron chi connectivity index (χ2n) is 5.35. The van der Waals surface area contributed by atoms with Crippen LogP contribution in [0.1, 0.15) is 40.0 Å². The van der Waals surface area contributed by atoms with E-state index >= 15 is 0 Å². The Kier molecular flexibility index (Phi) is 4.41. The molecule has 17 heavy (non-hydrogen) atoms. The van der Waals surface area contributed by atoms with E-state index in [2.05, 4.69) is 5.92 Å². The quantitative estimate of drug-likeness (QED) is 0.709. The first-order valence-electron chi connectivity index (χ1n) is 5.99. The fourth-order valence-corrected chi connectivity index (χ4v) is 1.94. The number of hydrogen-bond acceptors (Lipinski definition) is 3. The summed E-state index contributed by atoms with van der Waals surface area (Å²) in [5.41, 5.74) is -0.528. The van der Waals surface area contributed by atoms with Crippen molar-refractivity contribution in [3.8, 4) is 12.3 Å². The molecule has 0 aromatic heterocycles. The first-order chi connectivity index (χ1) is 7.85. The van der Waals surface area contributed by atoms with E-state index in [1.165, 1.54) is 0 Å². The van der Waals surface area contributed by atoms with E-state index < -0.39 is 17.8 Å². The maximum atomic E-state index is 12.0. The first-order valence-corrected chi connectivity index (χ1v) is 5.99. The Morgan fingerprint density at radius 3 is 2.71 bits per heavy atom. The molecule has 0 aliphatic carbocycles. The summed E-state index contributed by atoms with van der Waals surface area (Å²) in [5.74, 6) is 2.29. The number of ether oxygens (including phenoxy) is 1. The first kappa shape index (κ1) is 13.9. The predicted molar refractivity (Wildman–Crippen MR) is 65.4 cm³/mol. The molecule has 1 N–H and O–H groups in total. The Hall–Kier alpha value is -1.21. The van der Waals surface area contributed by atoms with Crippen LogP contribution < -0.4 is 0 Å². The topological polar surface area (TPSA) is 49.8 Å². The van der Waals surface area contributed by atoms with Crippen molar-refractivity contribution in [3.63, 3.8) is 0 Å². The van der Waals surface area contributed by atoms with Gasteiger partial charge in [0.1, 0.15) is 11.7 Å². The summed E-state index contributed by atoms with van der Waals surface area (Å²) in [7, 11) is 0. The predicted octanol–water partition coefficient (Wildman–Crippen LogP) is 1.77. The van der Waals surface area contributed by atoms with E-state index in [-0.39, 0.29) is 6.04 Å². The molecule has 0 aromatic carbocycles. The van der Waals surface area contributed by atoms with Gasteiger partial charge in [0.15, 0.2) is 0 Å². The van der Waals surface area contributed by atoms with E-state index in [9.17, 15) is 9.90 Å². The number of amides is 1. The van der Waals surface area contributed by atoms with Crippen LogP contribution in [0.15, 0.2) is 0 Å². The average Bonchev–Trinajstić information content (AvgIpc) is 2.25. The van der Waals surface area contributed by atoms with Crippen molar-refractivity contribution in [2.75, 3.05) is 6.54 Å². The largest absolute Gasteiger partial charge is 0.444 e. The zero-order chi connectivity index (χ0) is 13.1. The lowest BCUT2D eigenvalue weighted by Gasteiger charge is -2.37. The van der Waals surface area contributed by atoms with Crippen LogP contribution in [0.3, 0.4) is 0 Å². The van der Waals surface area contributed by atoms with Gasteiger partial charge in [-0.25, -0.2) is 4.79 Å². The number of piperidine rings is 1. The van der Waals surface area contributed by atoms with Crippen LogP contribution in [0.2, 0.25) is 0 Å². The molecular weight excluding hydrogens is 218 g/mol. The molecule has 96 valence electrons. The zero-order valence-electron chi connectivity index (χ0n) is 10.8. The lowest BCUT2D eigenvalue weighted by Crippen LogP contribution is -2.50. The molecule has 1 heterocycles. The molecule has 0 saturated carbocycles. The molecular formula is C13H21NO3. The second-order valence-corrected chi connectivity index (χ2v) is 5.35. The van der Waals surface area contributed by atoms with Crippen LogP contribution in [0, 0.1) is 12.3 Å². The van der Waals surface area contributed by atoms with Gasteiger partial charge in [-0.1, -0.05) is 5.92 Å². The monoisotopic (exact) mass is 239 g/mol. The van der Waals surface area contributed by atoms with Gasteiger partial charge < -0.3 is 14.7 Å². The van der Waals surface area contributed by atoms with Gasteiger partial charge in [0.05, 0.1) is 6.04 Å². The maximum absolute atomic E-state index is 12.0. The molecule has 4 heteroatoms. The molecule has 0 radical (unpaired) electrons. The maximum Gasteiger partial charge on any atom is 0.410 e. The van der Waals surface area contributed by atoms with Crippen LogP contribution in [0.5, 0.6) is 0 Å².